The van der Waals surface area contributed by atoms with Gasteiger partial charge in [0.15, 0.2) is 16.4 Å². The van der Waals surface area contributed by atoms with Crippen LogP contribution in [0.15, 0.2) is 40.8 Å². The maximum absolute atomic E-state index is 12.8. The lowest BCUT2D eigenvalue weighted by Gasteiger charge is -2.07. The number of amides is 1. The molecule has 4 rings (SSSR count). The number of nitrogens with one attached hydrogen (secondary N) is 1. The van der Waals surface area contributed by atoms with E-state index in [1.54, 1.807) is 24.3 Å². The molecule has 0 fully saturated rings. The van der Waals surface area contributed by atoms with Crippen molar-refractivity contribution in [2.75, 3.05) is 19.0 Å². The summed E-state index contributed by atoms with van der Waals surface area (Å²) in [4.78, 5) is 25.4. The van der Waals surface area contributed by atoms with E-state index in [4.69, 9.17) is 13.9 Å². The van der Waals surface area contributed by atoms with Crippen LogP contribution in [-0.4, -0.2) is 35.4 Å². The van der Waals surface area contributed by atoms with Gasteiger partial charge in [0, 0.05) is 21.5 Å². The number of benzene rings is 1. The van der Waals surface area contributed by atoms with Crippen LogP contribution in [-0.2, 0) is 11.3 Å². The number of aromatic nitrogens is 2. The predicted molar refractivity (Wildman–Crippen MR) is 126 cm³/mol. The van der Waals surface area contributed by atoms with Crippen LogP contribution < -0.4 is 10.1 Å². The number of ether oxygens (including phenoxy) is 2. The first-order valence-corrected chi connectivity index (χ1v) is 11.4. The zero-order chi connectivity index (χ0) is 23.5. The molecule has 0 atom stereocenters. The molecule has 0 saturated heterocycles. The summed E-state index contributed by atoms with van der Waals surface area (Å²) in [5.41, 5.74) is 2.52. The molecule has 0 aliphatic heterocycles. The molecule has 9 heteroatoms. The lowest BCUT2D eigenvalue weighted by Crippen LogP contribution is -2.11. The number of thiophene rings is 1. The maximum Gasteiger partial charge on any atom is 0.351 e. The number of rotatable bonds is 8. The van der Waals surface area contributed by atoms with Gasteiger partial charge in [0.1, 0.15) is 5.76 Å². The predicted octanol–water partition coefficient (Wildman–Crippen LogP) is 5.18. The lowest BCUT2D eigenvalue weighted by atomic mass is 10.2. The molecule has 0 bridgehead atoms. The number of methoxy groups -OCH3 is 1. The zero-order valence-electron chi connectivity index (χ0n) is 18.9. The van der Waals surface area contributed by atoms with E-state index < -0.39 is 5.97 Å². The van der Waals surface area contributed by atoms with E-state index in [1.807, 2.05) is 37.6 Å². The van der Waals surface area contributed by atoms with Crippen LogP contribution in [0.5, 0.6) is 5.75 Å². The van der Waals surface area contributed by atoms with Crippen molar-refractivity contribution in [2.45, 2.75) is 33.7 Å². The van der Waals surface area contributed by atoms with E-state index in [0.717, 1.165) is 27.9 Å². The molecule has 1 amide bonds. The van der Waals surface area contributed by atoms with Crippen molar-refractivity contribution >= 4 is 39.0 Å². The van der Waals surface area contributed by atoms with E-state index >= 15 is 0 Å². The number of carbonyl (C=O) groups excluding carboxylic acids is 2. The van der Waals surface area contributed by atoms with Crippen LogP contribution in [0, 0.1) is 13.8 Å². The Labute approximate surface area is 195 Å². The average molecular weight is 468 g/mol. The Morgan fingerprint density at radius 2 is 2.00 bits per heavy atom. The van der Waals surface area contributed by atoms with Gasteiger partial charge in [0.25, 0.3) is 5.91 Å². The van der Waals surface area contributed by atoms with E-state index in [9.17, 15) is 9.59 Å². The Balaban J connectivity index is 1.55. The van der Waals surface area contributed by atoms with Crippen molar-refractivity contribution in [3.05, 3.63) is 64.2 Å². The van der Waals surface area contributed by atoms with Crippen LogP contribution in [0.25, 0.3) is 10.1 Å². The SMILES string of the molecule is CCCOc1c(C(=O)OC)sc2ccc(NC(=O)c3ccc(Cn4nc(C)cc4C)o3)cc12. The van der Waals surface area contributed by atoms with E-state index in [0.29, 0.717) is 35.2 Å². The summed E-state index contributed by atoms with van der Waals surface area (Å²) in [6.45, 7) is 6.81. The molecular weight excluding hydrogens is 442 g/mol. The molecule has 0 aliphatic carbocycles. The largest absolute Gasteiger partial charge is 0.491 e. The second-order valence-corrected chi connectivity index (χ2v) is 8.67. The van der Waals surface area contributed by atoms with Crippen LogP contribution in [0.1, 0.15) is 50.7 Å². The van der Waals surface area contributed by atoms with Gasteiger partial charge >= 0.3 is 5.97 Å². The van der Waals surface area contributed by atoms with E-state index in [1.165, 1.54) is 18.4 Å². The van der Waals surface area contributed by atoms with Gasteiger partial charge in [-0.1, -0.05) is 6.92 Å². The minimum atomic E-state index is -0.446. The molecule has 0 radical (unpaired) electrons. The van der Waals surface area contributed by atoms with E-state index in [-0.39, 0.29) is 11.7 Å². The van der Waals surface area contributed by atoms with Crippen molar-refractivity contribution in [1.82, 2.24) is 9.78 Å². The normalized spacial score (nSPS) is 11.0. The van der Waals surface area contributed by atoms with Crippen molar-refractivity contribution in [3.63, 3.8) is 0 Å². The Bertz CT molecular complexity index is 1320. The molecule has 33 heavy (non-hydrogen) atoms. The third-order valence-electron chi connectivity index (χ3n) is 5.02. The molecule has 172 valence electrons. The van der Waals surface area contributed by atoms with Gasteiger partial charge in [0.05, 0.1) is 26.0 Å². The van der Waals surface area contributed by atoms with Gasteiger partial charge < -0.3 is 19.2 Å². The van der Waals surface area contributed by atoms with Crippen molar-refractivity contribution < 1.29 is 23.5 Å². The second kappa shape index (κ2) is 9.50. The first kappa shape index (κ1) is 22.6. The third kappa shape index (κ3) is 4.78. The second-order valence-electron chi connectivity index (χ2n) is 7.62. The highest BCUT2D eigenvalue weighted by molar-refractivity contribution is 7.21. The van der Waals surface area contributed by atoms with E-state index in [2.05, 4.69) is 10.4 Å². The van der Waals surface area contributed by atoms with Gasteiger partial charge in [0.2, 0.25) is 0 Å². The molecule has 3 heterocycles. The van der Waals surface area contributed by atoms with Crippen molar-refractivity contribution in [2.24, 2.45) is 0 Å². The van der Waals surface area contributed by atoms with Gasteiger partial charge in [-0.15, -0.1) is 11.3 Å². The summed E-state index contributed by atoms with van der Waals surface area (Å²) >= 11 is 1.30. The number of nitrogens with zero attached hydrogens (tertiary/aromatic N) is 2. The Morgan fingerprint density at radius 3 is 2.70 bits per heavy atom. The number of hydrogen-bond donors (Lipinski definition) is 1. The fourth-order valence-corrected chi connectivity index (χ4v) is 4.53. The minimum absolute atomic E-state index is 0.203. The number of esters is 1. The zero-order valence-corrected chi connectivity index (χ0v) is 19.7. The minimum Gasteiger partial charge on any atom is -0.491 e. The summed E-state index contributed by atoms with van der Waals surface area (Å²) < 4.78 is 19.2. The highest BCUT2D eigenvalue weighted by atomic mass is 32.1. The van der Waals surface area contributed by atoms with Crippen LogP contribution in [0.2, 0.25) is 0 Å². The molecule has 0 aliphatic rings. The highest BCUT2D eigenvalue weighted by Crippen LogP contribution is 2.39. The van der Waals surface area contributed by atoms with Crippen LogP contribution in [0.3, 0.4) is 0 Å². The van der Waals surface area contributed by atoms with Gasteiger partial charge in [-0.2, -0.15) is 5.10 Å². The summed E-state index contributed by atoms with van der Waals surface area (Å²) in [6.07, 6.45) is 0.798. The molecule has 8 nitrogen and oxygen atoms in total. The number of furan rings is 1. The summed E-state index contributed by atoms with van der Waals surface area (Å²) in [6, 6.07) is 10.8. The number of aryl methyl sites for hydroxylation is 2. The maximum atomic E-state index is 12.8. The Hall–Kier alpha value is -3.59. The molecule has 0 spiro atoms. The van der Waals surface area contributed by atoms with Gasteiger partial charge in [-0.05, 0) is 56.7 Å². The smallest absolute Gasteiger partial charge is 0.351 e. The standard InChI is InChI=1S/C24H25N3O5S/c1-5-10-31-21-18-12-16(6-9-20(18)33-22(21)24(29)30-4)25-23(28)19-8-7-17(32-19)13-27-15(3)11-14(2)26-27/h6-9,11-12H,5,10,13H2,1-4H3,(H,25,28). The first-order valence-electron chi connectivity index (χ1n) is 10.6. The molecule has 1 aromatic carbocycles. The lowest BCUT2D eigenvalue weighted by molar-refractivity contribution is 0.0602. The number of hydrogen-bond acceptors (Lipinski definition) is 7. The quantitative estimate of drug-likeness (QED) is 0.359. The van der Waals surface area contributed by atoms with Crippen LogP contribution >= 0.6 is 11.3 Å². The summed E-state index contributed by atoms with van der Waals surface area (Å²) in [5, 5.41) is 8.02. The molecule has 3 aromatic heterocycles. The van der Waals surface area contributed by atoms with Gasteiger partial charge in [-0.3, -0.25) is 9.48 Å². The summed E-state index contributed by atoms with van der Waals surface area (Å²) in [7, 11) is 1.34. The number of carbonyl (C=O) groups is 2. The fraction of sp³-hybridized carbons (Fsp3) is 0.292. The highest BCUT2D eigenvalue weighted by Gasteiger charge is 2.21. The number of anilines is 1. The molecule has 0 saturated carbocycles. The van der Waals surface area contributed by atoms with Crippen LogP contribution in [0.4, 0.5) is 5.69 Å². The molecule has 4 aromatic rings. The molecule has 0 unspecified atom stereocenters. The number of fused-ring (bicyclic) bond motifs is 1. The third-order valence-corrected chi connectivity index (χ3v) is 6.15. The first-order chi connectivity index (χ1) is 15.9. The molecule has 1 N–H and O–H groups in total. The van der Waals surface area contributed by atoms with Gasteiger partial charge in [-0.25, -0.2) is 4.79 Å². The monoisotopic (exact) mass is 467 g/mol. The molecular formula is C24H25N3O5S. The van der Waals surface area contributed by atoms with Crippen molar-refractivity contribution in [3.8, 4) is 5.75 Å². The average Bonchev–Trinajstić information content (AvgIpc) is 3.49. The fourth-order valence-electron chi connectivity index (χ4n) is 3.49. The summed E-state index contributed by atoms with van der Waals surface area (Å²) in [5.74, 6) is 0.504. The topological polar surface area (TPSA) is 95.6 Å². The Kier molecular flexibility index (Phi) is 6.50. The van der Waals surface area contributed by atoms with Crippen molar-refractivity contribution in [1.29, 1.82) is 0 Å². The Morgan fingerprint density at radius 1 is 1.18 bits per heavy atom.